The Morgan fingerprint density at radius 1 is 0.531 bits per heavy atom. The first kappa shape index (κ1) is 45.5. The van der Waals surface area contributed by atoms with Crippen LogP contribution in [0.15, 0.2) is 0 Å². The Labute approximate surface area is 293 Å². The number of carboxylic acids is 1. The maximum absolute atomic E-state index is 13.2. The van der Waals surface area contributed by atoms with Crippen molar-refractivity contribution in [1.82, 2.24) is 25.8 Å². The van der Waals surface area contributed by atoms with Gasteiger partial charge in [0.1, 0.15) is 28.4 Å². The summed E-state index contributed by atoms with van der Waals surface area (Å²) in [7, 11) is 0. The van der Waals surface area contributed by atoms with Gasteiger partial charge in [0.15, 0.2) is 0 Å². The van der Waals surface area contributed by atoms with E-state index in [0.717, 1.165) is 0 Å². The van der Waals surface area contributed by atoms with Crippen LogP contribution < -0.4 is 16.0 Å². The van der Waals surface area contributed by atoms with E-state index in [4.69, 9.17) is 18.9 Å². The lowest BCUT2D eigenvalue weighted by atomic mass is 10.1. The summed E-state index contributed by atoms with van der Waals surface area (Å²) in [4.78, 5) is 65.1. The number of rotatable bonds is 18. The number of nitrogens with one attached hydrogen (secondary N) is 3. The molecule has 1 unspecified atom stereocenters. The van der Waals surface area contributed by atoms with Crippen molar-refractivity contribution in [3.8, 4) is 0 Å². The minimum absolute atomic E-state index is 0.0397. The Hall–Kier alpha value is -3.49. The van der Waals surface area contributed by atoms with Crippen LogP contribution in [0.3, 0.4) is 0 Å². The van der Waals surface area contributed by atoms with Crippen molar-refractivity contribution in [1.29, 1.82) is 0 Å². The Morgan fingerprint density at radius 3 is 1.18 bits per heavy atom. The number of carbonyl (C=O) groups excluding carboxylic acids is 4. The van der Waals surface area contributed by atoms with Crippen LogP contribution in [0.2, 0.25) is 0 Å². The van der Waals surface area contributed by atoms with Crippen molar-refractivity contribution >= 4 is 30.3 Å². The molecule has 0 aromatic heterocycles. The Kier molecular flexibility index (Phi) is 19.4. The highest BCUT2D eigenvalue weighted by molar-refractivity contribution is 5.80. The van der Waals surface area contributed by atoms with Crippen molar-refractivity contribution in [3.05, 3.63) is 0 Å². The molecule has 0 bridgehead atoms. The minimum atomic E-state index is -1.17. The Morgan fingerprint density at radius 2 is 0.857 bits per heavy atom. The molecule has 4 amide bonds. The smallest absolute Gasteiger partial charge is 0.411 e. The van der Waals surface area contributed by atoms with Gasteiger partial charge in [-0.25, -0.2) is 24.0 Å². The maximum atomic E-state index is 13.2. The second-order valence-corrected chi connectivity index (χ2v) is 15.9. The highest BCUT2D eigenvalue weighted by atomic mass is 16.6. The van der Waals surface area contributed by atoms with E-state index in [9.17, 15) is 29.1 Å². The molecule has 0 aliphatic rings. The molecule has 0 heterocycles. The second-order valence-electron chi connectivity index (χ2n) is 15.9. The molecule has 0 radical (unpaired) electrons. The second kappa shape index (κ2) is 20.9. The normalized spacial score (nSPS) is 12.8. The molecule has 0 spiro atoms. The lowest BCUT2D eigenvalue weighted by Crippen LogP contribution is -2.48. The average molecular weight is 704 g/mol. The van der Waals surface area contributed by atoms with Gasteiger partial charge in [-0.1, -0.05) is 0 Å². The van der Waals surface area contributed by atoms with Crippen LogP contribution in [0, 0.1) is 0 Å². The van der Waals surface area contributed by atoms with Gasteiger partial charge in [-0.05, 0) is 135 Å². The van der Waals surface area contributed by atoms with Crippen molar-refractivity contribution < 1.29 is 48.0 Å². The van der Waals surface area contributed by atoms with Crippen molar-refractivity contribution in [2.24, 2.45) is 0 Å². The number of carboxylic acid groups (broad SMARTS) is 1. The third-order valence-electron chi connectivity index (χ3n) is 6.12. The quantitative estimate of drug-likeness (QED) is 0.104. The molecular weight excluding hydrogens is 638 g/mol. The van der Waals surface area contributed by atoms with Gasteiger partial charge in [0.05, 0.1) is 0 Å². The van der Waals surface area contributed by atoms with Gasteiger partial charge in [-0.3, -0.25) is 4.90 Å². The molecule has 0 rings (SSSR count). The van der Waals surface area contributed by atoms with Crippen LogP contribution >= 0.6 is 0 Å². The maximum Gasteiger partial charge on any atom is 0.411 e. The van der Waals surface area contributed by atoms with E-state index in [1.165, 1.54) is 4.90 Å². The molecule has 0 saturated carbocycles. The summed E-state index contributed by atoms with van der Waals surface area (Å²) >= 11 is 0. The van der Waals surface area contributed by atoms with Gasteiger partial charge < -0.3 is 44.9 Å². The highest BCUT2D eigenvalue weighted by Crippen LogP contribution is 2.17. The van der Waals surface area contributed by atoms with E-state index in [2.05, 4.69) is 20.9 Å². The fourth-order valence-corrected chi connectivity index (χ4v) is 4.32. The van der Waals surface area contributed by atoms with Crippen molar-refractivity contribution in [2.45, 2.75) is 144 Å². The van der Waals surface area contributed by atoms with Gasteiger partial charge in [0.2, 0.25) is 0 Å². The highest BCUT2D eigenvalue weighted by Gasteiger charge is 2.32. The molecule has 0 aromatic rings. The van der Waals surface area contributed by atoms with Crippen LogP contribution in [0.4, 0.5) is 19.2 Å². The molecule has 0 fully saturated rings. The first-order valence-corrected chi connectivity index (χ1v) is 17.1. The lowest BCUT2D eigenvalue weighted by molar-refractivity contribution is -0.143. The summed E-state index contributed by atoms with van der Waals surface area (Å²) in [6.45, 7) is 23.7. The van der Waals surface area contributed by atoms with Gasteiger partial charge in [-0.15, -0.1) is 0 Å². The number of carbonyl (C=O) groups is 5. The fraction of sp³-hybridized carbons (Fsp3) is 0.853. The molecule has 4 N–H and O–H groups in total. The zero-order valence-corrected chi connectivity index (χ0v) is 32.1. The summed E-state index contributed by atoms with van der Waals surface area (Å²) in [5.74, 6) is -1.17. The molecule has 0 aliphatic heterocycles. The topological polar surface area (TPSA) is 185 Å². The van der Waals surface area contributed by atoms with Gasteiger partial charge >= 0.3 is 30.3 Å². The predicted octanol–water partition coefficient (Wildman–Crippen LogP) is 5.50. The van der Waals surface area contributed by atoms with Crippen LogP contribution in [0.1, 0.15) is 115 Å². The Balaban J connectivity index is 5.47. The minimum Gasteiger partial charge on any atom is -0.480 e. The van der Waals surface area contributed by atoms with Crippen molar-refractivity contribution in [2.75, 3.05) is 45.8 Å². The third kappa shape index (κ3) is 26.1. The fourth-order valence-electron chi connectivity index (χ4n) is 4.32. The summed E-state index contributed by atoms with van der Waals surface area (Å²) in [6.07, 6.45) is -0.288. The molecule has 49 heavy (non-hydrogen) atoms. The van der Waals surface area contributed by atoms with Crippen molar-refractivity contribution in [3.63, 3.8) is 0 Å². The standard InChI is InChI=1S/C34H65N5O10/c1-31(2,3)46-27(42)35-18-14-22-38(23-15-19-36-28(43)47-32(4,5)6)21-13-17-25(26(40)41)39(30(45)49-34(10,11)12)24-16-20-37-29(44)48-33(7,8)9/h25H,13-24H2,1-12H3,(H,35,42)(H,36,43)(H,37,44)(H,40,41). The van der Waals surface area contributed by atoms with E-state index in [1.54, 1.807) is 83.1 Å². The zero-order chi connectivity index (χ0) is 38.1. The van der Waals surface area contributed by atoms with E-state index in [-0.39, 0.29) is 25.9 Å². The van der Waals surface area contributed by atoms with Gasteiger partial charge in [0.25, 0.3) is 0 Å². The van der Waals surface area contributed by atoms with Crippen LogP contribution in [0.25, 0.3) is 0 Å². The number of hydrogen-bond donors (Lipinski definition) is 4. The van der Waals surface area contributed by atoms with Gasteiger partial charge in [-0.2, -0.15) is 0 Å². The summed E-state index contributed by atoms with van der Waals surface area (Å²) in [5.41, 5.74) is -2.73. The van der Waals surface area contributed by atoms with Gasteiger partial charge in [0, 0.05) is 26.2 Å². The zero-order valence-electron chi connectivity index (χ0n) is 32.1. The molecule has 15 heteroatoms. The molecule has 15 nitrogen and oxygen atoms in total. The first-order valence-electron chi connectivity index (χ1n) is 17.1. The number of aliphatic carboxylic acids is 1. The molecule has 286 valence electrons. The summed E-state index contributed by atoms with van der Waals surface area (Å²) < 4.78 is 21.4. The molecule has 0 saturated heterocycles. The monoisotopic (exact) mass is 703 g/mol. The van der Waals surface area contributed by atoms with Crippen LogP contribution in [-0.4, -0.2) is 120 Å². The molecular formula is C34H65N5O10. The SMILES string of the molecule is CC(C)(C)OC(=O)NCCCN(CCCNC(=O)OC(C)(C)C)CCCC(C(=O)O)N(CCCNC(=O)OC(C)(C)C)C(=O)OC(C)(C)C. The predicted molar refractivity (Wildman–Crippen MR) is 187 cm³/mol. The number of nitrogens with zero attached hydrogens (tertiary/aromatic N) is 2. The van der Waals surface area contributed by atoms with Crippen LogP contribution in [-0.2, 0) is 23.7 Å². The number of ether oxygens (including phenoxy) is 4. The Bertz CT molecular complexity index is 1010. The lowest BCUT2D eigenvalue weighted by Gasteiger charge is -2.32. The largest absolute Gasteiger partial charge is 0.480 e. The average Bonchev–Trinajstić information content (AvgIpc) is 2.87. The molecule has 0 aliphatic carbocycles. The number of alkyl carbamates (subject to hydrolysis) is 3. The summed E-state index contributed by atoms with van der Waals surface area (Å²) in [5, 5.41) is 18.3. The molecule has 1 atom stereocenters. The summed E-state index contributed by atoms with van der Waals surface area (Å²) in [6, 6.07) is -1.17. The van der Waals surface area contributed by atoms with E-state index in [0.29, 0.717) is 52.0 Å². The van der Waals surface area contributed by atoms with E-state index in [1.807, 2.05) is 0 Å². The van der Waals surface area contributed by atoms with E-state index < -0.39 is 58.8 Å². The molecule has 0 aromatic carbocycles. The van der Waals surface area contributed by atoms with E-state index >= 15 is 0 Å². The van der Waals surface area contributed by atoms with Crippen LogP contribution in [0.5, 0.6) is 0 Å². The first-order chi connectivity index (χ1) is 22.3. The number of hydrogen-bond acceptors (Lipinski definition) is 10. The number of amides is 4. The third-order valence-corrected chi connectivity index (χ3v) is 6.12.